The molecule has 0 aliphatic carbocycles. The summed E-state index contributed by atoms with van der Waals surface area (Å²) in [5.74, 6) is 2.67. The van der Waals surface area contributed by atoms with Gasteiger partial charge in [0.1, 0.15) is 16.9 Å². The van der Waals surface area contributed by atoms with Gasteiger partial charge in [-0.15, -0.1) is 11.8 Å². The van der Waals surface area contributed by atoms with Crippen molar-refractivity contribution in [2.75, 3.05) is 26.5 Å². The highest BCUT2D eigenvalue weighted by atomic mass is 32.2. The topological polar surface area (TPSA) is 38.8 Å². The van der Waals surface area contributed by atoms with Crippen molar-refractivity contribution < 1.29 is 14.3 Å². The van der Waals surface area contributed by atoms with Gasteiger partial charge in [0, 0.05) is 24.8 Å². The molecular weight excluding hydrogens is 262 g/mol. The molecule has 0 bridgehead atoms. The first-order chi connectivity index (χ1) is 9.19. The molecular formula is C14H19NO3S. The maximum atomic E-state index is 12.0. The number of hydrogen-bond donors (Lipinski definition) is 0. The fourth-order valence-electron chi connectivity index (χ4n) is 2.18. The molecule has 1 atom stereocenters. The van der Waals surface area contributed by atoms with Crippen LogP contribution >= 0.6 is 11.8 Å². The van der Waals surface area contributed by atoms with E-state index < -0.39 is 0 Å². The second-order valence-corrected chi connectivity index (χ2v) is 5.50. The van der Waals surface area contributed by atoms with Crippen LogP contribution in [0.4, 0.5) is 0 Å². The Balaban J connectivity index is 2.31. The van der Waals surface area contributed by atoms with E-state index in [2.05, 4.69) is 0 Å². The number of carbonyl (C=O) groups excluding carboxylic acids is 1. The van der Waals surface area contributed by atoms with E-state index in [0.717, 1.165) is 29.4 Å². The Labute approximate surface area is 118 Å². The molecule has 1 saturated heterocycles. The second kappa shape index (κ2) is 6.19. The quantitative estimate of drug-likeness (QED) is 0.850. The lowest BCUT2D eigenvalue weighted by atomic mass is 10.1. The molecule has 4 nitrogen and oxygen atoms in total. The molecule has 19 heavy (non-hydrogen) atoms. The summed E-state index contributed by atoms with van der Waals surface area (Å²) in [5, 5.41) is 0.0662. The fraction of sp³-hybridized carbons (Fsp3) is 0.500. The number of benzene rings is 1. The van der Waals surface area contributed by atoms with Gasteiger partial charge in [-0.05, 0) is 17.7 Å². The number of ether oxygens (including phenoxy) is 2. The SMILES string of the molecule is CCC(=O)N1CCSC1c1cc(OC)cc(OC)c1. The van der Waals surface area contributed by atoms with Crippen LogP contribution < -0.4 is 9.47 Å². The van der Waals surface area contributed by atoms with Gasteiger partial charge in [0.2, 0.25) is 5.91 Å². The molecule has 104 valence electrons. The van der Waals surface area contributed by atoms with Gasteiger partial charge in [-0.2, -0.15) is 0 Å². The van der Waals surface area contributed by atoms with Crippen LogP contribution in [0.2, 0.25) is 0 Å². The zero-order chi connectivity index (χ0) is 13.8. The fourth-order valence-corrected chi connectivity index (χ4v) is 3.43. The minimum absolute atomic E-state index is 0.0662. The molecule has 0 radical (unpaired) electrons. The van der Waals surface area contributed by atoms with E-state index in [1.807, 2.05) is 30.0 Å². The molecule has 0 spiro atoms. The maximum Gasteiger partial charge on any atom is 0.223 e. The first-order valence-electron chi connectivity index (χ1n) is 6.33. The first kappa shape index (κ1) is 14.1. The lowest BCUT2D eigenvalue weighted by Crippen LogP contribution is -2.29. The van der Waals surface area contributed by atoms with E-state index >= 15 is 0 Å². The Morgan fingerprint density at radius 1 is 1.32 bits per heavy atom. The standard InChI is InChI=1S/C14H19NO3S/c1-4-13(16)15-5-6-19-14(15)10-7-11(17-2)9-12(8-10)18-3/h7-9,14H,4-6H2,1-3H3. The van der Waals surface area contributed by atoms with E-state index in [0.29, 0.717) is 6.42 Å². The number of methoxy groups -OCH3 is 2. The van der Waals surface area contributed by atoms with E-state index in [-0.39, 0.29) is 11.3 Å². The number of rotatable bonds is 4. The van der Waals surface area contributed by atoms with Gasteiger partial charge < -0.3 is 14.4 Å². The zero-order valence-corrected chi connectivity index (χ0v) is 12.3. The van der Waals surface area contributed by atoms with Gasteiger partial charge in [0.25, 0.3) is 0 Å². The van der Waals surface area contributed by atoms with Crippen molar-refractivity contribution in [1.29, 1.82) is 0 Å². The summed E-state index contributed by atoms with van der Waals surface area (Å²) in [4.78, 5) is 13.9. The van der Waals surface area contributed by atoms with Gasteiger partial charge in [0.05, 0.1) is 14.2 Å². The third kappa shape index (κ3) is 2.97. The van der Waals surface area contributed by atoms with Crippen molar-refractivity contribution in [2.24, 2.45) is 0 Å². The summed E-state index contributed by atoms with van der Waals surface area (Å²) >= 11 is 1.78. The number of amides is 1. The monoisotopic (exact) mass is 281 g/mol. The molecule has 1 unspecified atom stereocenters. The lowest BCUT2D eigenvalue weighted by molar-refractivity contribution is -0.131. The van der Waals surface area contributed by atoms with Gasteiger partial charge in [0.15, 0.2) is 0 Å². The molecule has 1 amide bonds. The van der Waals surface area contributed by atoms with E-state index in [9.17, 15) is 4.79 Å². The molecule has 1 aromatic rings. The number of nitrogens with zero attached hydrogens (tertiary/aromatic N) is 1. The van der Waals surface area contributed by atoms with Crippen molar-refractivity contribution in [3.05, 3.63) is 23.8 Å². The molecule has 5 heteroatoms. The smallest absolute Gasteiger partial charge is 0.223 e. The van der Waals surface area contributed by atoms with Crippen molar-refractivity contribution in [3.63, 3.8) is 0 Å². The molecule has 0 aromatic heterocycles. The summed E-state index contributed by atoms with van der Waals surface area (Å²) in [5.41, 5.74) is 1.06. The highest BCUT2D eigenvalue weighted by Gasteiger charge is 2.30. The van der Waals surface area contributed by atoms with Crippen LogP contribution in [-0.2, 0) is 4.79 Å². The van der Waals surface area contributed by atoms with Crippen molar-refractivity contribution in [3.8, 4) is 11.5 Å². The number of thioether (sulfide) groups is 1. The second-order valence-electron chi connectivity index (χ2n) is 4.31. The van der Waals surface area contributed by atoms with Crippen molar-refractivity contribution >= 4 is 17.7 Å². The lowest BCUT2D eigenvalue weighted by Gasteiger charge is -2.24. The number of carbonyl (C=O) groups is 1. The van der Waals surface area contributed by atoms with Crippen LogP contribution in [0.15, 0.2) is 18.2 Å². The Kier molecular flexibility index (Phi) is 4.58. The Hall–Kier alpha value is -1.36. The molecule has 2 rings (SSSR count). The van der Waals surface area contributed by atoms with Gasteiger partial charge >= 0.3 is 0 Å². The van der Waals surface area contributed by atoms with Crippen LogP contribution in [-0.4, -0.2) is 37.3 Å². The summed E-state index contributed by atoms with van der Waals surface area (Å²) in [7, 11) is 3.27. The molecule has 1 aliphatic heterocycles. The van der Waals surface area contributed by atoms with E-state index in [1.165, 1.54) is 0 Å². The average molecular weight is 281 g/mol. The van der Waals surface area contributed by atoms with Crippen LogP contribution in [0.5, 0.6) is 11.5 Å². The molecule has 0 saturated carbocycles. The minimum Gasteiger partial charge on any atom is -0.497 e. The van der Waals surface area contributed by atoms with Crippen LogP contribution in [0.25, 0.3) is 0 Å². The zero-order valence-electron chi connectivity index (χ0n) is 11.5. The minimum atomic E-state index is 0.0662. The van der Waals surface area contributed by atoms with Crippen molar-refractivity contribution in [2.45, 2.75) is 18.7 Å². The predicted molar refractivity (Wildman–Crippen MR) is 76.7 cm³/mol. The third-order valence-corrected chi connectivity index (χ3v) is 4.43. The molecule has 1 aliphatic rings. The summed E-state index contributed by atoms with van der Waals surface area (Å²) in [6.45, 7) is 2.70. The van der Waals surface area contributed by atoms with Crippen LogP contribution in [0.3, 0.4) is 0 Å². The summed E-state index contributed by atoms with van der Waals surface area (Å²) in [6.07, 6.45) is 0.540. The Morgan fingerprint density at radius 2 is 1.95 bits per heavy atom. The predicted octanol–water partition coefficient (Wildman–Crippen LogP) is 2.69. The molecule has 0 N–H and O–H groups in total. The molecule has 1 fully saturated rings. The van der Waals surface area contributed by atoms with Crippen LogP contribution in [0, 0.1) is 0 Å². The highest BCUT2D eigenvalue weighted by molar-refractivity contribution is 7.99. The van der Waals surface area contributed by atoms with E-state index in [1.54, 1.807) is 26.0 Å². The highest BCUT2D eigenvalue weighted by Crippen LogP contribution is 2.40. The number of hydrogen-bond acceptors (Lipinski definition) is 4. The van der Waals surface area contributed by atoms with Gasteiger partial charge in [-0.1, -0.05) is 6.92 Å². The molecule has 1 heterocycles. The van der Waals surface area contributed by atoms with Gasteiger partial charge in [-0.3, -0.25) is 4.79 Å². The van der Waals surface area contributed by atoms with E-state index in [4.69, 9.17) is 9.47 Å². The maximum absolute atomic E-state index is 12.0. The normalized spacial score (nSPS) is 18.5. The average Bonchev–Trinajstić information content (AvgIpc) is 2.95. The molecule has 1 aromatic carbocycles. The summed E-state index contributed by atoms with van der Waals surface area (Å²) < 4.78 is 10.6. The van der Waals surface area contributed by atoms with Crippen LogP contribution in [0.1, 0.15) is 24.3 Å². The third-order valence-electron chi connectivity index (χ3n) is 3.17. The largest absolute Gasteiger partial charge is 0.497 e. The van der Waals surface area contributed by atoms with Gasteiger partial charge in [-0.25, -0.2) is 0 Å². The van der Waals surface area contributed by atoms with Crippen molar-refractivity contribution in [1.82, 2.24) is 4.90 Å². The summed E-state index contributed by atoms with van der Waals surface area (Å²) in [6, 6.07) is 5.79. The Bertz CT molecular complexity index is 442. The first-order valence-corrected chi connectivity index (χ1v) is 7.38. The Morgan fingerprint density at radius 3 is 2.47 bits per heavy atom.